The van der Waals surface area contributed by atoms with Crippen LogP contribution in [0.15, 0.2) is 60.0 Å². The van der Waals surface area contributed by atoms with Crippen LogP contribution in [-0.4, -0.2) is 47.1 Å². The van der Waals surface area contributed by atoms with Crippen LogP contribution in [0.25, 0.3) is 21.6 Å². The summed E-state index contributed by atoms with van der Waals surface area (Å²) in [4.78, 5) is 27.6. The van der Waals surface area contributed by atoms with E-state index in [0.29, 0.717) is 42.9 Å². The third-order valence-corrected chi connectivity index (χ3v) is 7.18. The van der Waals surface area contributed by atoms with E-state index in [1.165, 1.54) is 5.56 Å². The van der Waals surface area contributed by atoms with Crippen molar-refractivity contribution in [3.63, 3.8) is 0 Å². The lowest BCUT2D eigenvalue weighted by Crippen LogP contribution is -2.50. The quantitative estimate of drug-likeness (QED) is 0.354. The second-order valence-electron chi connectivity index (χ2n) is 8.69. The normalized spacial score (nSPS) is 14.1. The van der Waals surface area contributed by atoms with E-state index < -0.39 is 0 Å². The van der Waals surface area contributed by atoms with Crippen molar-refractivity contribution >= 4 is 51.4 Å². The molecule has 174 valence electrons. The van der Waals surface area contributed by atoms with Crippen molar-refractivity contribution in [3.05, 3.63) is 70.6 Å². The third-order valence-electron chi connectivity index (χ3n) is 6.08. The predicted octanol–water partition coefficient (Wildman–Crippen LogP) is 6.49. The van der Waals surface area contributed by atoms with Crippen molar-refractivity contribution in [1.29, 1.82) is 0 Å². The summed E-state index contributed by atoms with van der Waals surface area (Å²) in [6.45, 7) is 6.93. The van der Waals surface area contributed by atoms with Gasteiger partial charge in [0.05, 0.1) is 10.4 Å². The number of amides is 2. The molecule has 0 radical (unpaired) electrons. The lowest BCUT2D eigenvalue weighted by atomic mass is 10.0. The lowest BCUT2D eigenvalue weighted by Gasteiger charge is -2.36. The molecule has 2 amide bonds. The van der Waals surface area contributed by atoms with Gasteiger partial charge in [0, 0.05) is 42.3 Å². The number of carbonyl (C=O) groups is 1. The molecule has 0 bridgehead atoms. The van der Waals surface area contributed by atoms with Crippen molar-refractivity contribution in [2.45, 2.75) is 19.8 Å². The molecule has 3 heterocycles. The first-order valence-corrected chi connectivity index (χ1v) is 12.7. The molecule has 1 aliphatic rings. The summed E-state index contributed by atoms with van der Waals surface area (Å²) in [5.41, 5.74) is 2.90. The highest BCUT2D eigenvalue weighted by Gasteiger charge is 2.24. The molecule has 1 fully saturated rings. The zero-order chi connectivity index (χ0) is 23.7. The Bertz CT molecular complexity index is 1300. The van der Waals surface area contributed by atoms with Gasteiger partial charge >= 0.3 is 6.03 Å². The summed E-state index contributed by atoms with van der Waals surface area (Å²) in [5.74, 6) is 2.05. The number of anilines is 2. The van der Waals surface area contributed by atoms with Crippen molar-refractivity contribution in [3.8, 4) is 10.7 Å². The van der Waals surface area contributed by atoms with Gasteiger partial charge in [-0.1, -0.05) is 43.6 Å². The number of hydrogen-bond acceptors (Lipinski definition) is 5. The van der Waals surface area contributed by atoms with Crippen molar-refractivity contribution < 1.29 is 4.79 Å². The van der Waals surface area contributed by atoms with E-state index in [1.807, 2.05) is 52.7 Å². The number of nitrogens with zero attached hydrogens (tertiary/aromatic N) is 4. The van der Waals surface area contributed by atoms with Gasteiger partial charge in [-0.05, 0) is 53.3 Å². The molecular weight excluding hydrogens is 466 g/mol. The summed E-state index contributed by atoms with van der Waals surface area (Å²) in [7, 11) is 0. The summed E-state index contributed by atoms with van der Waals surface area (Å²) >= 11 is 7.87. The SMILES string of the molecule is CC(C)c1ccc(NC(=O)N2CCN(c3nc(-c4cccs4)nc4cc(Cl)ccc34)CC2)cc1. The van der Waals surface area contributed by atoms with Crippen molar-refractivity contribution in [2.75, 3.05) is 36.4 Å². The second-order valence-corrected chi connectivity index (χ2v) is 10.1. The molecule has 0 saturated carbocycles. The highest BCUT2D eigenvalue weighted by molar-refractivity contribution is 7.13. The first-order chi connectivity index (χ1) is 16.5. The van der Waals surface area contributed by atoms with Gasteiger partial charge in [0.25, 0.3) is 0 Å². The largest absolute Gasteiger partial charge is 0.352 e. The van der Waals surface area contributed by atoms with Crippen LogP contribution in [0.1, 0.15) is 25.3 Å². The molecule has 0 atom stereocenters. The molecule has 2 aromatic heterocycles. The number of carbonyl (C=O) groups excluding carboxylic acids is 1. The smallest absolute Gasteiger partial charge is 0.321 e. The highest BCUT2D eigenvalue weighted by atomic mass is 35.5. The zero-order valence-corrected chi connectivity index (χ0v) is 20.7. The van der Waals surface area contributed by atoms with E-state index in [-0.39, 0.29) is 6.03 Å². The second kappa shape index (κ2) is 9.60. The van der Waals surface area contributed by atoms with E-state index in [1.54, 1.807) is 11.3 Å². The summed E-state index contributed by atoms with van der Waals surface area (Å²) < 4.78 is 0. The van der Waals surface area contributed by atoms with Crippen LogP contribution in [0.2, 0.25) is 5.02 Å². The highest BCUT2D eigenvalue weighted by Crippen LogP contribution is 2.31. The van der Waals surface area contributed by atoms with Gasteiger partial charge in [-0.3, -0.25) is 0 Å². The van der Waals surface area contributed by atoms with Gasteiger partial charge in [-0.15, -0.1) is 11.3 Å². The van der Waals surface area contributed by atoms with Gasteiger partial charge in [0.2, 0.25) is 0 Å². The number of aromatic nitrogens is 2. The molecule has 5 rings (SSSR count). The minimum atomic E-state index is -0.0736. The van der Waals surface area contributed by atoms with E-state index in [2.05, 4.69) is 36.2 Å². The molecule has 0 unspecified atom stereocenters. The zero-order valence-electron chi connectivity index (χ0n) is 19.2. The summed E-state index contributed by atoms with van der Waals surface area (Å²) in [6.07, 6.45) is 0. The average molecular weight is 492 g/mol. The standard InChI is InChI=1S/C26H26ClN5OS/c1-17(2)18-5-8-20(9-6-18)28-26(33)32-13-11-31(12-14-32)25-21-10-7-19(27)16-22(21)29-24(30-25)23-4-3-15-34-23/h3-10,15-17H,11-14H2,1-2H3,(H,28,33). The first kappa shape index (κ1) is 22.6. The molecule has 6 nitrogen and oxygen atoms in total. The van der Waals surface area contributed by atoms with Gasteiger partial charge in [0.15, 0.2) is 5.82 Å². The maximum absolute atomic E-state index is 12.8. The van der Waals surface area contributed by atoms with Crippen molar-refractivity contribution in [1.82, 2.24) is 14.9 Å². The number of urea groups is 1. The van der Waals surface area contributed by atoms with E-state index in [0.717, 1.165) is 27.3 Å². The minimum Gasteiger partial charge on any atom is -0.352 e. The van der Waals surface area contributed by atoms with Crippen molar-refractivity contribution in [2.24, 2.45) is 0 Å². The summed E-state index contributed by atoms with van der Waals surface area (Å²) in [5, 5.41) is 6.66. The molecule has 0 aliphatic carbocycles. The van der Waals surface area contributed by atoms with Crippen LogP contribution in [0, 0.1) is 0 Å². The Morgan fingerprint density at radius 2 is 1.79 bits per heavy atom. The number of piperazine rings is 1. The Morgan fingerprint density at radius 3 is 2.47 bits per heavy atom. The molecule has 2 aromatic carbocycles. The van der Waals surface area contributed by atoms with Crippen LogP contribution in [0.5, 0.6) is 0 Å². The number of benzene rings is 2. The molecule has 8 heteroatoms. The van der Waals surface area contributed by atoms with Crippen LogP contribution < -0.4 is 10.2 Å². The minimum absolute atomic E-state index is 0.0736. The number of thiophene rings is 1. The first-order valence-electron chi connectivity index (χ1n) is 11.4. The molecular formula is C26H26ClN5OS. The molecule has 1 saturated heterocycles. The van der Waals surface area contributed by atoms with Gasteiger partial charge < -0.3 is 15.1 Å². The topological polar surface area (TPSA) is 61.4 Å². The Labute approximate surface area is 208 Å². The molecule has 1 aliphatic heterocycles. The van der Waals surface area contributed by atoms with E-state index in [4.69, 9.17) is 21.6 Å². The molecule has 1 N–H and O–H groups in total. The average Bonchev–Trinajstić information content (AvgIpc) is 3.39. The lowest BCUT2D eigenvalue weighted by molar-refractivity contribution is 0.208. The molecule has 4 aromatic rings. The Morgan fingerprint density at radius 1 is 1.03 bits per heavy atom. The van der Waals surface area contributed by atoms with E-state index in [9.17, 15) is 4.79 Å². The number of hydrogen-bond donors (Lipinski definition) is 1. The Hall–Kier alpha value is -3.16. The fourth-order valence-electron chi connectivity index (χ4n) is 4.12. The number of fused-ring (bicyclic) bond motifs is 1. The Kier molecular flexibility index (Phi) is 6.39. The Balaban J connectivity index is 1.32. The maximum Gasteiger partial charge on any atom is 0.321 e. The molecule has 0 spiro atoms. The van der Waals surface area contributed by atoms with Gasteiger partial charge in [0.1, 0.15) is 5.82 Å². The predicted molar refractivity (Wildman–Crippen MR) is 141 cm³/mol. The maximum atomic E-state index is 12.8. The summed E-state index contributed by atoms with van der Waals surface area (Å²) in [6, 6.07) is 17.7. The van der Waals surface area contributed by atoms with E-state index >= 15 is 0 Å². The van der Waals surface area contributed by atoms with Crippen LogP contribution in [0.3, 0.4) is 0 Å². The third kappa shape index (κ3) is 4.72. The fraction of sp³-hybridized carbons (Fsp3) is 0.269. The number of nitrogens with one attached hydrogen (secondary N) is 1. The van der Waals surface area contributed by atoms with Crippen LogP contribution in [0.4, 0.5) is 16.3 Å². The van der Waals surface area contributed by atoms with Crippen LogP contribution >= 0.6 is 22.9 Å². The number of rotatable bonds is 4. The monoisotopic (exact) mass is 491 g/mol. The van der Waals surface area contributed by atoms with Crippen LogP contribution in [-0.2, 0) is 0 Å². The van der Waals surface area contributed by atoms with Gasteiger partial charge in [-0.25, -0.2) is 14.8 Å². The fourth-order valence-corrected chi connectivity index (χ4v) is 4.94. The number of halogens is 1. The van der Waals surface area contributed by atoms with Gasteiger partial charge in [-0.2, -0.15) is 0 Å². The molecule has 34 heavy (non-hydrogen) atoms.